The summed E-state index contributed by atoms with van der Waals surface area (Å²) in [5.41, 5.74) is 6.82. The van der Waals surface area contributed by atoms with E-state index in [9.17, 15) is 0 Å². The van der Waals surface area contributed by atoms with E-state index in [-0.39, 0.29) is 12.1 Å². The molecule has 2 unspecified atom stereocenters. The summed E-state index contributed by atoms with van der Waals surface area (Å²) in [6, 6.07) is 3.59. The van der Waals surface area contributed by atoms with E-state index < -0.39 is 0 Å². The molecule has 0 amide bonds. The lowest BCUT2D eigenvalue weighted by molar-refractivity contribution is -0.0112. The maximum Gasteiger partial charge on any atom is 0.141 e. The van der Waals surface area contributed by atoms with Crippen molar-refractivity contribution in [2.75, 3.05) is 13.2 Å². The first-order chi connectivity index (χ1) is 9.56. The van der Waals surface area contributed by atoms with Gasteiger partial charge in [-0.2, -0.15) is 0 Å². The van der Waals surface area contributed by atoms with Gasteiger partial charge in [0.15, 0.2) is 0 Å². The molecule has 1 fully saturated rings. The number of hydrogen-bond acceptors (Lipinski definition) is 3. The van der Waals surface area contributed by atoms with E-state index in [0.29, 0.717) is 28.8 Å². The molecule has 0 spiro atoms. The molecular formula is C15H21Cl2NO2. The Kier molecular flexibility index (Phi) is 5.97. The molecule has 5 heteroatoms. The molecule has 3 nitrogen and oxygen atoms in total. The summed E-state index contributed by atoms with van der Waals surface area (Å²) >= 11 is 12.3. The van der Waals surface area contributed by atoms with Gasteiger partial charge in [0.1, 0.15) is 12.4 Å². The highest BCUT2D eigenvalue weighted by molar-refractivity contribution is 6.35. The Balaban J connectivity index is 2.08. The predicted molar refractivity (Wildman–Crippen MR) is 82.9 cm³/mol. The Morgan fingerprint density at radius 3 is 2.85 bits per heavy atom. The van der Waals surface area contributed by atoms with Crippen LogP contribution in [0.25, 0.3) is 0 Å². The van der Waals surface area contributed by atoms with E-state index in [1.165, 1.54) is 6.42 Å². The van der Waals surface area contributed by atoms with Crippen LogP contribution in [0, 0.1) is 0 Å². The van der Waals surface area contributed by atoms with Crippen LogP contribution in [0.5, 0.6) is 5.75 Å². The average molecular weight is 318 g/mol. The average Bonchev–Trinajstić information content (AvgIpc) is 2.38. The van der Waals surface area contributed by atoms with Crippen LogP contribution >= 0.6 is 23.2 Å². The maximum atomic E-state index is 6.24. The summed E-state index contributed by atoms with van der Waals surface area (Å²) in [6.07, 6.45) is 4.19. The molecule has 1 aliphatic heterocycles. The van der Waals surface area contributed by atoms with E-state index >= 15 is 0 Å². The van der Waals surface area contributed by atoms with Gasteiger partial charge in [-0.1, -0.05) is 23.2 Å². The molecular weight excluding hydrogens is 297 g/mol. The molecule has 1 saturated heterocycles. The van der Waals surface area contributed by atoms with Crippen LogP contribution in [0.4, 0.5) is 0 Å². The first kappa shape index (κ1) is 15.9. The molecule has 20 heavy (non-hydrogen) atoms. The van der Waals surface area contributed by atoms with Gasteiger partial charge < -0.3 is 15.2 Å². The van der Waals surface area contributed by atoms with Crippen LogP contribution < -0.4 is 10.5 Å². The SMILES string of the molecule is CC(N)Cc1cc(Cl)cc(Cl)c1OCC1CCCCO1. The standard InChI is InChI=1S/C15H21Cl2NO2/c1-10(18)6-11-7-12(16)8-14(17)15(11)20-9-13-4-2-3-5-19-13/h7-8,10,13H,2-6,9,18H2,1H3. The highest BCUT2D eigenvalue weighted by Gasteiger charge is 2.17. The fourth-order valence-corrected chi connectivity index (χ4v) is 2.98. The molecule has 1 aromatic carbocycles. The zero-order chi connectivity index (χ0) is 14.5. The molecule has 0 bridgehead atoms. The second-order valence-corrected chi connectivity index (χ2v) is 6.20. The van der Waals surface area contributed by atoms with Crippen molar-refractivity contribution >= 4 is 23.2 Å². The lowest BCUT2D eigenvalue weighted by atomic mass is 10.1. The van der Waals surface area contributed by atoms with E-state index in [0.717, 1.165) is 25.0 Å². The maximum absolute atomic E-state index is 6.24. The Morgan fingerprint density at radius 1 is 1.40 bits per heavy atom. The molecule has 1 aromatic rings. The molecule has 1 heterocycles. The van der Waals surface area contributed by atoms with Crippen molar-refractivity contribution in [2.24, 2.45) is 5.73 Å². The Bertz CT molecular complexity index is 446. The highest BCUT2D eigenvalue weighted by atomic mass is 35.5. The molecule has 112 valence electrons. The normalized spacial score (nSPS) is 20.7. The van der Waals surface area contributed by atoms with Gasteiger partial charge in [0, 0.05) is 17.7 Å². The van der Waals surface area contributed by atoms with Crippen LogP contribution in [-0.2, 0) is 11.2 Å². The fourth-order valence-electron chi connectivity index (χ4n) is 2.39. The minimum atomic E-state index is 0.0258. The van der Waals surface area contributed by atoms with Gasteiger partial charge in [0.25, 0.3) is 0 Å². The van der Waals surface area contributed by atoms with Crippen LogP contribution in [0.3, 0.4) is 0 Å². The van der Waals surface area contributed by atoms with E-state index in [1.807, 2.05) is 13.0 Å². The second-order valence-electron chi connectivity index (χ2n) is 5.36. The topological polar surface area (TPSA) is 44.5 Å². The smallest absolute Gasteiger partial charge is 0.141 e. The van der Waals surface area contributed by atoms with Crippen molar-refractivity contribution in [3.05, 3.63) is 27.7 Å². The highest BCUT2D eigenvalue weighted by Crippen LogP contribution is 2.33. The molecule has 1 aliphatic rings. The first-order valence-electron chi connectivity index (χ1n) is 7.04. The van der Waals surface area contributed by atoms with Crippen LogP contribution in [0.1, 0.15) is 31.7 Å². The third-order valence-corrected chi connectivity index (χ3v) is 3.81. The van der Waals surface area contributed by atoms with Gasteiger partial charge in [-0.3, -0.25) is 0 Å². The summed E-state index contributed by atoms with van der Waals surface area (Å²) < 4.78 is 11.6. The molecule has 0 radical (unpaired) electrons. The lowest BCUT2D eigenvalue weighted by Gasteiger charge is -2.24. The van der Waals surface area contributed by atoms with Crippen molar-refractivity contribution in [3.8, 4) is 5.75 Å². The number of benzene rings is 1. The largest absolute Gasteiger partial charge is 0.489 e. The number of rotatable bonds is 5. The number of ether oxygens (including phenoxy) is 2. The van der Waals surface area contributed by atoms with Crippen molar-refractivity contribution in [3.63, 3.8) is 0 Å². The van der Waals surface area contributed by atoms with Crippen LogP contribution in [0.15, 0.2) is 12.1 Å². The lowest BCUT2D eigenvalue weighted by Crippen LogP contribution is -2.26. The van der Waals surface area contributed by atoms with Crippen molar-refractivity contribution in [1.82, 2.24) is 0 Å². The Hall–Kier alpha value is -0.480. The van der Waals surface area contributed by atoms with Crippen LogP contribution in [0.2, 0.25) is 10.0 Å². The number of nitrogens with two attached hydrogens (primary N) is 1. The van der Waals surface area contributed by atoms with Crippen molar-refractivity contribution in [2.45, 2.75) is 44.8 Å². The summed E-state index contributed by atoms with van der Waals surface area (Å²) in [5.74, 6) is 0.683. The third kappa shape index (κ3) is 4.52. The molecule has 0 saturated carbocycles. The zero-order valence-electron chi connectivity index (χ0n) is 11.7. The molecule has 2 rings (SSSR count). The molecule has 2 N–H and O–H groups in total. The third-order valence-electron chi connectivity index (χ3n) is 3.31. The summed E-state index contributed by atoms with van der Waals surface area (Å²) in [7, 11) is 0. The van der Waals surface area contributed by atoms with Gasteiger partial charge in [0.2, 0.25) is 0 Å². The summed E-state index contributed by atoms with van der Waals surface area (Å²) in [6.45, 7) is 3.28. The second kappa shape index (κ2) is 7.51. The van der Waals surface area contributed by atoms with Crippen molar-refractivity contribution < 1.29 is 9.47 Å². The molecule has 0 aliphatic carbocycles. The van der Waals surface area contributed by atoms with Gasteiger partial charge in [-0.25, -0.2) is 0 Å². The van der Waals surface area contributed by atoms with E-state index in [1.54, 1.807) is 6.07 Å². The zero-order valence-corrected chi connectivity index (χ0v) is 13.2. The summed E-state index contributed by atoms with van der Waals surface area (Å²) in [4.78, 5) is 0. The predicted octanol–water partition coefficient (Wildman–Crippen LogP) is 3.83. The Labute approximate surface area is 130 Å². The molecule has 0 aromatic heterocycles. The number of halogens is 2. The molecule has 2 atom stereocenters. The van der Waals surface area contributed by atoms with Gasteiger partial charge in [-0.15, -0.1) is 0 Å². The van der Waals surface area contributed by atoms with E-state index in [4.69, 9.17) is 38.4 Å². The fraction of sp³-hybridized carbons (Fsp3) is 0.600. The first-order valence-corrected chi connectivity index (χ1v) is 7.79. The number of hydrogen-bond donors (Lipinski definition) is 1. The Morgan fingerprint density at radius 2 is 2.20 bits per heavy atom. The minimum Gasteiger partial charge on any atom is -0.489 e. The minimum absolute atomic E-state index is 0.0258. The summed E-state index contributed by atoms with van der Waals surface area (Å²) in [5, 5.41) is 1.14. The monoisotopic (exact) mass is 317 g/mol. The van der Waals surface area contributed by atoms with E-state index in [2.05, 4.69) is 0 Å². The van der Waals surface area contributed by atoms with Gasteiger partial charge in [0.05, 0.1) is 11.1 Å². The van der Waals surface area contributed by atoms with Gasteiger partial charge >= 0.3 is 0 Å². The quantitative estimate of drug-likeness (QED) is 0.897. The van der Waals surface area contributed by atoms with Crippen LogP contribution in [-0.4, -0.2) is 25.4 Å². The van der Waals surface area contributed by atoms with Crippen molar-refractivity contribution in [1.29, 1.82) is 0 Å². The van der Waals surface area contributed by atoms with Gasteiger partial charge in [-0.05, 0) is 50.3 Å².